The molecule has 0 saturated carbocycles. The van der Waals surface area contributed by atoms with Crippen LogP contribution in [0.4, 0.5) is 0 Å². The highest BCUT2D eigenvalue weighted by Gasteiger charge is 2.17. The van der Waals surface area contributed by atoms with Gasteiger partial charge >= 0.3 is 0 Å². The number of aliphatic imine (C=N–C) groups is 1. The van der Waals surface area contributed by atoms with Crippen LogP contribution in [0.2, 0.25) is 0 Å². The highest BCUT2D eigenvalue weighted by molar-refractivity contribution is 5.81. The predicted molar refractivity (Wildman–Crippen MR) is 119 cm³/mol. The molecule has 1 aliphatic heterocycles. The number of hydrogen-bond donors (Lipinski definition) is 2. The molecular weight excluding hydrogens is 360 g/mol. The molecule has 152 valence electrons. The lowest BCUT2D eigenvalue weighted by molar-refractivity contribution is -0.121. The Morgan fingerprint density at radius 1 is 1.00 bits per heavy atom. The minimum absolute atomic E-state index is 0.0449. The van der Waals surface area contributed by atoms with Gasteiger partial charge in [-0.05, 0) is 24.0 Å². The van der Waals surface area contributed by atoms with Gasteiger partial charge in [0.2, 0.25) is 5.91 Å². The summed E-state index contributed by atoms with van der Waals surface area (Å²) in [5.74, 6) is 0.920. The van der Waals surface area contributed by atoms with Crippen LogP contribution < -0.4 is 10.6 Å². The van der Waals surface area contributed by atoms with Crippen LogP contribution in [0.5, 0.6) is 0 Å². The van der Waals surface area contributed by atoms with E-state index in [1.165, 1.54) is 11.1 Å². The van der Waals surface area contributed by atoms with E-state index in [9.17, 15) is 4.79 Å². The number of hydrogen-bond acceptors (Lipinski definition) is 2. The van der Waals surface area contributed by atoms with E-state index in [0.717, 1.165) is 37.5 Å². The zero-order valence-corrected chi connectivity index (χ0v) is 17.1. The lowest BCUT2D eigenvalue weighted by Gasteiger charge is -2.31. The van der Waals surface area contributed by atoms with Gasteiger partial charge in [0.15, 0.2) is 5.96 Å². The van der Waals surface area contributed by atoms with Gasteiger partial charge in [-0.25, -0.2) is 0 Å². The molecule has 1 amide bonds. The van der Waals surface area contributed by atoms with Crippen molar-refractivity contribution in [2.24, 2.45) is 4.99 Å². The molecule has 5 heteroatoms. The molecule has 2 aromatic rings. The van der Waals surface area contributed by atoms with Crippen molar-refractivity contribution in [3.8, 4) is 0 Å². The molecule has 1 saturated heterocycles. The molecule has 0 radical (unpaired) electrons. The molecule has 2 aromatic carbocycles. The summed E-state index contributed by atoms with van der Waals surface area (Å²) in [6.45, 7) is 3.03. The highest BCUT2D eigenvalue weighted by atomic mass is 16.1. The lowest BCUT2D eigenvalue weighted by Crippen LogP contribution is -2.45. The number of carbonyl (C=O) groups excluding carboxylic acids is 1. The van der Waals surface area contributed by atoms with Crippen molar-refractivity contribution in [1.29, 1.82) is 0 Å². The number of nitrogens with zero attached hydrogens (tertiary/aromatic N) is 2. The van der Waals surface area contributed by atoms with Crippen molar-refractivity contribution >= 4 is 17.9 Å². The van der Waals surface area contributed by atoms with Gasteiger partial charge in [0, 0.05) is 39.6 Å². The number of nitrogens with one attached hydrogen (secondary N) is 2. The van der Waals surface area contributed by atoms with Crippen molar-refractivity contribution in [3.63, 3.8) is 0 Å². The normalized spacial score (nSPS) is 14.4. The van der Waals surface area contributed by atoms with Gasteiger partial charge in [0.25, 0.3) is 0 Å². The monoisotopic (exact) mass is 390 g/mol. The van der Waals surface area contributed by atoms with Crippen LogP contribution >= 0.6 is 0 Å². The van der Waals surface area contributed by atoms with Gasteiger partial charge in [0.05, 0.1) is 0 Å². The first-order valence-corrected chi connectivity index (χ1v) is 10.3. The molecule has 29 heavy (non-hydrogen) atoms. The first kappa shape index (κ1) is 20.6. The van der Waals surface area contributed by atoms with E-state index in [0.29, 0.717) is 19.5 Å². The van der Waals surface area contributed by atoms with Crippen LogP contribution in [-0.2, 0) is 11.3 Å². The third kappa shape index (κ3) is 6.79. The van der Waals surface area contributed by atoms with Crippen molar-refractivity contribution in [3.05, 3.63) is 77.4 Å². The number of piperidine rings is 1. The first-order valence-electron chi connectivity index (χ1n) is 10.3. The Kier molecular flexibility index (Phi) is 7.87. The number of rotatable bonds is 6. The highest BCUT2D eigenvalue weighted by Crippen LogP contribution is 2.19. The average molecular weight is 391 g/mol. The topological polar surface area (TPSA) is 56.7 Å². The molecule has 5 nitrogen and oxygen atoms in total. The Balaban J connectivity index is 1.38. The Morgan fingerprint density at radius 3 is 2.31 bits per heavy atom. The number of benzene rings is 2. The molecule has 1 heterocycles. The second-order valence-corrected chi connectivity index (χ2v) is 7.19. The van der Waals surface area contributed by atoms with Crippen LogP contribution in [0.3, 0.4) is 0 Å². The maximum absolute atomic E-state index is 12.1. The Bertz CT molecular complexity index is 820. The molecule has 0 unspecified atom stereocenters. The maximum atomic E-state index is 12.1. The summed E-state index contributed by atoms with van der Waals surface area (Å²) in [6.07, 6.45) is 4.80. The quantitative estimate of drug-likeness (QED) is 0.587. The van der Waals surface area contributed by atoms with Gasteiger partial charge in [-0.15, -0.1) is 0 Å². The zero-order valence-electron chi connectivity index (χ0n) is 17.1. The van der Waals surface area contributed by atoms with Crippen LogP contribution in [0, 0.1) is 0 Å². The van der Waals surface area contributed by atoms with Gasteiger partial charge in [-0.2, -0.15) is 0 Å². The second kappa shape index (κ2) is 11.1. The van der Waals surface area contributed by atoms with Crippen molar-refractivity contribution in [2.45, 2.75) is 25.8 Å². The summed E-state index contributed by atoms with van der Waals surface area (Å²) in [5.41, 5.74) is 3.85. The number of carbonyl (C=O) groups is 1. The Hall–Kier alpha value is -3.08. The predicted octanol–water partition coefficient (Wildman–Crippen LogP) is 3.45. The summed E-state index contributed by atoms with van der Waals surface area (Å²) >= 11 is 0. The SMILES string of the molecule is CN=C(NCCC(=O)NCc1ccccc1)N1CCC(=Cc2ccccc2)CC1. The smallest absolute Gasteiger partial charge is 0.222 e. The van der Waals surface area contributed by atoms with Crippen molar-refractivity contribution in [2.75, 3.05) is 26.7 Å². The van der Waals surface area contributed by atoms with Crippen LogP contribution in [0.1, 0.15) is 30.4 Å². The van der Waals surface area contributed by atoms with Crippen LogP contribution in [-0.4, -0.2) is 43.4 Å². The lowest BCUT2D eigenvalue weighted by atomic mass is 10.0. The van der Waals surface area contributed by atoms with E-state index in [-0.39, 0.29) is 5.91 Å². The molecule has 0 aliphatic carbocycles. The van der Waals surface area contributed by atoms with Crippen LogP contribution in [0.15, 0.2) is 71.2 Å². The summed E-state index contributed by atoms with van der Waals surface area (Å²) in [7, 11) is 1.80. The van der Waals surface area contributed by atoms with Crippen LogP contribution in [0.25, 0.3) is 6.08 Å². The van der Waals surface area contributed by atoms with E-state index >= 15 is 0 Å². The molecule has 2 N–H and O–H groups in total. The van der Waals surface area contributed by atoms with Gasteiger partial charge in [0.1, 0.15) is 0 Å². The van der Waals surface area contributed by atoms with E-state index in [4.69, 9.17) is 0 Å². The molecule has 1 fully saturated rings. The summed E-state index contributed by atoms with van der Waals surface area (Å²) in [4.78, 5) is 18.7. The Morgan fingerprint density at radius 2 is 1.66 bits per heavy atom. The van der Waals surface area contributed by atoms with Gasteiger partial charge in [-0.1, -0.05) is 72.3 Å². The number of amides is 1. The fraction of sp³-hybridized carbons (Fsp3) is 0.333. The molecule has 0 bridgehead atoms. The number of guanidine groups is 1. The second-order valence-electron chi connectivity index (χ2n) is 7.19. The summed E-state index contributed by atoms with van der Waals surface area (Å²) in [5, 5.41) is 6.29. The minimum Gasteiger partial charge on any atom is -0.356 e. The third-order valence-corrected chi connectivity index (χ3v) is 5.06. The minimum atomic E-state index is 0.0449. The molecule has 3 rings (SSSR count). The van der Waals surface area contributed by atoms with E-state index < -0.39 is 0 Å². The van der Waals surface area contributed by atoms with Crippen molar-refractivity contribution in [1.82, 2.24) is 15.5 Å². The van der Waals surface area contributed by atoms with Gasteiger partial charge in [-0.3, -0.25) is 9.79 Å². The molecule has 0 aromatic heterocycles. The molecule has 0 spiro atoms. The fourth-order valence-electron chi connectivity index (χ4n) is 3.44. The first-order chi connectivity index (χ1) is 14.2. The number of likely N-dealkylation sites (tertiary alicyclic amines) is 1. The largest absolute Gasteiger partial charge is 0.356 e. The van der Waals surface area contributed by atoms with Crippen molar-refractivity contribution < 1.29 is 4.79 Å². The van der Waals surface area contributed by atoms with E-state index in [1.54, 1.807) is 7.05 Å². The Labute approximate surface area is 173 Å². The fourth-order valence-corrected chi connectivity index (χ4v) is 3.44. The van der Waals surface area contributed by atoms with Gasteiger partial charge < -0.3 is 15.5 Å². The molecule has 1 aliphatic rings. The zero-order chi connectivity index (χ0) is 20.3. The standard InChI is InChI=1S/C24H30N4O/c1-25-24(26-15-12-23(29)27-19-22-10-6-3-7-11-22)28-16-13-21(14-17-28)18-20-8-4-2-5-9-20/h2-11,18H,12-17,19H2,1H3,(H,25,26)(H,27,29). The van der Waals surface area contributed by atoms with E-state index in [1.807, 2.05) is 36.4 Å². The van der Waals surface area contributed by atoms with E-state index in [2.05, 4.69) is 50.9 Å². The maximum Gasteiger partial charge on any atom is 0.222 e. The molecular formula is C24H30N4O. The average Bonchev–Trinajstić information content (AvgIpc) is 2.77. The molecule has 0 atom stereocenters. The summed E-state index contributed by atoms with van der Waals surface area (Å²) in [6, 6.07) is 20.4. The third-order valence-electron chi connectivity index (χ3n) is 5.06. The summed E-state index contributed by atoms with van der Waals surface area (Å²) < 4.78 is 0.